The third kappa shape index (κ3) is 6.80. The normalized spacial score (nSPS) is 11.1. The maximum Gasteiger partial charge on any atom is 0.387 e. The van der Waals surface area contributed by atoms with Crippen LogP contribution in [0.3, 0.4) is 0 Å². The number of carbonyl (C=O) groups is 2. The monoisotopic (exact) mass is 426 g/mol. The van der Waals surface area contributed by atoms with Gasteiger partial charge in [0.05, 0.1) is 0 Å². The van der Waals surface area contributed by atoms with Crippen LogP contribution in [0.5, 0.6) is 11.5 Å². The quantitative estimate of drug-likeness (QED) is 0.507. The number of hydrogen-bond acceptors (Lipinski definition) is 4. The molecule has 2 amide bonds. The molecule has 0 radical (unpaired) electrons. The van der Waals surface area contributed by atoms with Gasteiger partial charge in [-0.25, -0.2) is 0 Å². The predicted molar refractivity (Wildman–Crippen MR) is 102 cm³/mol. The molecule has 30 heavy (non-hydrogen) atoms. The van der Waals surface area contributed by atoms with E-state index in [2.05, 4.69) is 14.8 Å². The number of anilines is 1. The van der Waals surface area contributed by atoms with E-state index in [9.17, 15) is 27.2 Å². The fraction of sp³-hybridized carbons (Fsp3) is 0.200. The van der Waals surface area contributed by atoms with Crippen LogP contribution in [0.1, 0.15) is 15.9 Å². The predicted octanol–water partition coefficient (Wildman–Crippen LogP) is 4.24. The van der Waals surface area contributed by atoms with Gasteiger partial charge in [0.25, 0.3) is 5.91 Å². The molecule has 0 aliphatic heterocycles. The van der Waals surface area contributed by atoms with Gasteiger partial charge in [-0.3, -0.25) is 9.59 Å². The molecular formula is C20H18F4N2O4. The maximum atomic E-state index is 12.6. The van der Waals surface area contributed by atoms with Crippen molar-refractivity contribution in [2.24, 2.45) is 0 Å². The van der Waals surface area contributed by atoms with Gasteiger partial charge in [-0.15, -0.1) is 0 Å². The smallest absolute Gasteiger partial charge is 0.387 e. The Morgan fingerprint density at radius 2 is 1.70 bits per heavy atom. The second kappa shape index (κ2) is 10.3. The summed E-state index contributed by atoms with van der Waals surface area (Å²) in [5.74, 6) is -1.67. The van der Waals surface area contributed by atoms with Gasteiger partial charge in [-0.2, -0.15) is 17.6 Å². The van der Waals surface area contributed by atoms with Crippen LogP contribution < -0.4 is 14.8 Å². The van der Waals surface area contributed by atoms with E-state index in [0.717, 1.165) is 18.2 Å². The summed E-state index contributed by atoms with van der Waals surface area (Å²) in [6, 6.07) is 9.41. The molecule has 2 aromatic rings. The lowest BCUT2D eigenvalue weighted by atomic mass is 10.1. The van der Waals surface area contributed by atoms with E-state index in [4.69, 9.17) is 0 Å². The van der Waals surface area contributed by atoms with E-state index >= 15 is 0 Å². The Bertz CT molecular complexity index is 933. The number of halogens is 4. The van der Waals surface area contributed by atoms with Crippen molar-refractivity contribution in [3.63, 3.8) is 0 Å². The summed E-state index contributed by atoms with van der Waals surface area (Å²) in [7, 11) is 3.18. The minimum atomic E-state index is -3.20. The number of nitrogens with one attached hydrogen (secondary N) is 1. The molecule has 1 N–H and O–H groups in total. The number of alkyl halides is 4. The standard InChI is InChI=1S/C20H18F4N2O4/c1-26(2)18(28)13-4-3-5-14(10-13)25-17(27)9-7-12-6-8-15(29-19(21)22)11-16(12)30-20(23)24/h3-11,19-20H,1-2H3,(H,25,27)/b9-7+. The molecule has 0 saturated heterocycles. The average molecular weight is 426 g/mol. The van der Waals surface area contributed by atoms with E-state index in [-0.39, 0.29) is 17.2 Å². The Labute approximate surface area is 169 Å². The van der Waals surface area contributed by atoms with Gasteiger partial charge in [0.15, 0.2) is 0 Å². The summed E-state index contributed by atoms with van der Waals surface area (Å²) in [4.78, 5) is 25.5. The molecule has 0 aliphatic carbocycles. The van der Waals surface area contributed by atoms with Crippen LogP contribution in [0.25, 0.3) is 6.08 Å². The number of nitrogens with zero attached hydrogens (tertiary/aromatic N) is 1. The highest BCUT2D eigenvalue weighted by atomic mass is 19.3. The highest BCUT2D eigenvalue weighted by Gasteiger charge is 2.13. The van der Waals surface area contributed by atoms with Crippen molar-refractivity contribution in [2.75, 3.05) is 19.4 Å². The topological polar surface area (TPSA) is 67.9 Å². The first kappa shape index (κ1) is 22.7. The van der Waals surface area contributed by atoms with E-state index < -0.39 is 24.9 Å². The molecule has 0 unspecified atom stereocenters. The molecule has 0 spiro atoms. The number of benzene rings is 2. The molecule has 2 aromatic carbocycles. The SMILES string of the molecule is CN(C)C(=O)c1cccc(NC(=O)/C=C/c2ccc(OC(F)F)cc2OC(F)F)c1. The molecule has 0 bridgehead atoms. The Hall–Kier alpha value is -3.56. The van der Waals surface area contributed by atoms with Crippen LogP contribution in [0.4, 0.5) is 23.2 Å². The molecule has 0 saturated carbocycles. The summed E-state index contributed by atoms with van der Waals surface area (Å²) >= 11 is 0. The van der Waals surface area contributed by atoms with E-state index in [1.54, 1.807) is 32.3 Å². The van der Waals surface area contributed by atoms with Crippen molar-refractivity contribution < 1.29 is 36.6 Å². The second-order valence-electron chi connectivity index (χ2n) is 6.06. The summed E-state index contributed by atoms with van der Waals surface area (Å²) in [5, 5.41) is 2.53. The zero-order valence-electron chi connectivity index (χ0n) is 15.9. The van der Waals surface area contributed by atoms with Gasteiger partial charge >= 0.3 is 13.2 Å². The van der Waals surface area contributed by atoms with Gasteiger partial charge in [0.2, 0.25) is 5.91 Å². The Balaban J connectivity index is 2.15. The number of rotatable bonds is 8. The van der Waals surface area contributed by atoms with Gasteiger partial charge in [-0.05, 0) is 36.4 Å². The zero-order chi connectivity index (χ0) is 22.3. The van der Waals surface area contributed by atoms with Crippen LogP contribution in [0, 0.1) is 0 Å². The Morgan fingerprint density at radius 1 is 1.00 bits per heavy atom. The van der Waals surface area contributed by atoms with Gasteiger partial charge in [0, 0.05) is 43.1 Å². The van der Waals surface area contributed by atoms with Crippen molar-refractivity contribution >= 4 is 23.6 Å². The Kier molecular flexibility index (Phi) is 7.79. The van der Waals surface area contributed by atoms with Crippen molar-refractivity contribution in [1.82, 2.24) is 4.90 Å². The van der Waals surface area contributed by atoms with Crippen LogP contribution >= 0.6 is 0 Å². The third-order valence-corrected chi connectivity index (χ3v) is 3.62. The lowest BCUT2D eigenvalue weighted by Crippen LogP contribution is -2.21. The second-order valence-corrected chi connectivity index (χ2v) is 6.06. The molecule has 10 heteroatoms. The van der Waals surface area contributed by atoms with Crippen molar-refractivity contribution in [3.05, 3.63) is 59.7 Å². The molecular weight excluding hydrogens is 408 g/mol. The fourth-order valence-corrected chi connectivity index (χ4v) is 2.36. The highest BCUT2D eigenvalue weighted by molar-refractivity contribution is 6.03. The van der Waals surface area contributed by atoms with Crippen LogP contribution in [-0.2, 0) is 4.79 Å². The Morgan fingerprint density at radius 3 is 2.33 bits per heavy atom. The number of amides is 2. The first-order valence-corrected chi connectivity index (χ1v) is 8.50. The van der Waals surface area contributed by atoms with Gasteiger partial charge in [0.1, 0.15) is 11.5 Å². The van der Waals surface area contributed by atoms with Crippen molar-refractivity contribution in [1.29, 1.82) is 0 Å². The molecule has 0 atom stereocenters. The van der Waals surface area contributed by atoms with Crippen molar-refractivity contribution in [3.8, 4) is 11.5 Å². The number of hydrogen-bond donors (Lipinski definition) is 1. The van der Waals surface area contributed by atoms with E-state index in [1.165, 1.54) is 23.1 Å². The van der Waals surface area contributed by atoms with Gasteiger partial charge in [-0.1, -0.05) is 6.07 Å². The minimum absolute atomic E-state index is 0.0450. The average Bonchev–Trinajstić information content (AvgIpc) is 2.66. The molecule has 160 valence electrons. The third-order valence-electron chi connectivity index (χ3n) is 3.62. The summed E-state index contributed by atoms with van der Waals surface area (Å²) < 4.78 is 58.2. The summed E-state index contributed by atoms with van der Waals surface area (Å²) in [6.07, 6.45) is 2.22. The minimum Gasteiger partial charge on any atom is -0.435 e. The number of carbonyl (C=O) groups excluding carboxylic acids is 2. The first-order valence-electron chi connectivity index (χ1n) is 8.50. The molecule has 2 rings (SSSR count). The maximum absolute atomic E-state index is 12.6. The molecule has 0 fully saturated rings. The van der Waals surface area contributed by atoms with E-state index in [1.807, 2.05) is 0 Å². The molecule has 6 nitrogen and oxygen atoms in total. The lowest BCUT2D eigenvalue weighted by Gasteiger charge is -2.11. The largest absolute Gasteiger partial charge is 0.435 e. The summed E-state index contributed by atoms with van der Waals surface area (Å²) in [5.41, 5.74) is 0.759. The fourth-order valence-electron chi connectivity index (χ4n) is 2.36. The lowest BCUT2D eigenvalue weighted by molar-refractivity contribution is -0.111. The van der Waals surface area contributed by atoms with Crippen LogP contribution in [0.2, 0.25) is 0 Å². The molecule has 0 aromatic heterocycles. The van der Waals surface area contributed by atoms with Gasteiger partial charge < -0.3 is 19.7 Å². The van der Waals surface area contributed by atoms with Crippen molar-refractivity contribution in [2.45, 2.75) is 13.2 Å². The van der Waals surface area contributed by atoms with E-state index in [0.29, 0.717) is 11.3 Å². The molecule has 0 heterocycles. The van der Waals surface area contributed by atoms with Crippen LogP contribution in [-0.4, -0.2) is 44.0 Å². The molecule has 0 aliphatic rings. The zero-order valence-corrected chi connectivity index (χ0v) is 15.9. The van der Waals surface area contributed by atoms with Crippen LogP contribution in [0.15, 0.2) is 48.5 Å². The number of ether oxygens (including phenoxy) is 2. The summed E-state index contributed by atoms with van der Waals surface area (Å²) in [6.45, 7) is -6.34. The highest BCUT2D eigenvalue weighted by Crippen LogP contribution is 2.28. The first-order chi connectivity index (χ1) is 14.2.